The number of imidazole rings is 1. The maximum absolute atomic E-state index is 10.7. The predicted molar refractivity (Wildman–Crippen MR) is 114 cm³/mol. The number of aliphatic hydroxyl groups is 2. The maximum Gasteiger partial charge on any atom is 0.207 e. The van der Waals surface area contributed by atoms with Crippen LogP contribution in [0.4, 0.5) is 11.8 Å². The van der Waals surface area contributed by atoms with Gasteiger partial charge in [0, 0.05) is 26.7 Å². The Morgan fingerprint density at radius 2 is 2.19 bits per heavy atom. The zero-order valence-electron chi connectivity index (χ0n) is 17.9. The molecule has 2 aromatic heterocycles. The minimum absolute atomic E-state index is 0.216. The van der Waals surface area contributed by atoms with Crippen molar-refractivity contribution in [1.82, 2.24) is 24.4 Å². The summed E-state index contributed by atoms with van der Waals surface area (Å²) in [5.41, 5.74) is 6.69. The Labute approximate surface area is 179 Å². The zero-order chi connectivity index (χ0) is 22.4. The first kappa shape index (κ1) is 23.1. The van der Waals surface area contributed by atoms with Gasteiger partial charge in [-0.3, -0.25) is 4.57 Å². The van der Waals surface area contributed by atoms with Crippen molar-refractivity contribution in [1.29, 1.82) is 0 Å². The van der Waals surface area contributed by atoms with Gasteiger partial charge in [-0.1, -0.05) is 5.16 Å². The molecule has 3 rings (SSSR count). The molecule has 13 heteroatoms. The molecule has 0 aliphatic carbocycles. The van der Waals surface area contributed by atoms with E-state index < -0.39 is 24.5 Å². The minimum Gasteiger partial charge on any atom is -0.395 e. The molecule has 0 amide bonds. The van der Waals surface area contributed by atoms with E-state index in [9.17, 15) is 10.2 Å². The molecule has 1 fully saturated rings. The van der Waals surface area contributed by atoms with Crippen molar-refractivity contribution in [3.63, 3.8) is 0 Å². The van der Waals surface area contributed by atoms with Crippen molar-refractivity contribution in [3.05, 3.63) is 6.33 Å². The fourth-order valence-corrected chi connectivity index (χ4v) is 3.34. The monoisotopic (exact) mass is 438 g/mol. The quantitative estimate of drug-likeness (QED) is 0.194. The van der Waals surface area contributed by atoms with Crippen LogP contribution in [0.2, 0.25) is 0 Å². The average Bonchev–Trinajstić information content (AvgIpc) is 3.26. The molecule has 1 aliphatic rings. The van der Waals surface area contributed by atoms with Gasteiger partial charge in [-0.2, -0.15) is 0 Å². The summed E-state index contributed by atoms with van der Waals surface area (Å²) in [4.78, 5) is 19.6. The number of fused-ring (bicyclic) bond motifs is 1. The second-order valence-corrected chi connectivity index (χ2v) is 7.08. The lowest BCUT2D eigenvalue weighted by Gasteiger charge is -2.22. The number of rotatable bonds is 11. The lowest BCUT2D eigenvalue weighted by atomic mass is 10.1. The Kier molecular flexibility index (Phi) is 7.92. The maximum atomic E-state index is 10.7. The number of aliphatic hydroxyl groups excluding tert-OH is 2. The molecule has 31 heavy (non-hydrogen) atoms. The van der Waals surface area contributed by atoms with E-state index in [4.69, 9.17) is 20.0 Å². The number of nitrogens with two attached hydrogens (primary N) is 1. The Balaban J connectivity index is 1.62. The number of nitrogen functional groups attached to an aromatic ring is 1. The fourth-order valence-electron chi connectivity index (χ4n) is 3.34. The lowest BCUT2D eigenvalue weighted by Crippen LogP contribution is -2.39. The van der Waals surface area contributed by atoms with Crippen LogP contribution >= 0.6 is 0 Å². The molecule has 5 N–H and O–H groups in total. The standard InChI is InChI=1S/C18H30N8O5/c1-4-29-7-5-23-30-8-6-25(3)9-11-13(27)14(28)17(31-11)26-16-12(24-18(26)20-2)15(19)21-10-22-16/h5,10-11,13-14,17,27-28H,4,6-9H2,1-3H3,(H,20,24)(H2,19,21,22)/t11-,13-,14-,17-/m1/s1. The molecule has 2 aromatic rings. The highest BCUT2D eigenvalue weighted by molar-refractivity contribution is 5.84. The van der Waals surface area contributed by atoms with Crippen LogP contribution < -0.4 is 11.1 Å². The number of oxime groups is 1. The van der Waals surface area contributed by atoms with Crippen LogP contribution in [0.15, 0.2) is 11.5 Å². The van der Waals surface area contributed by atoms with Gasteiger partial charge in [-0.05, 0) is 14.0 Å². The normalized spacial score (nSPS) is 23.9. The molecule has 0 aromatic carbocycles. The van der Waals surface area contributed by atoms with Gasteiger partial charge in [-0.15, -0.1) is 0 Å². The molecule has 0 saturated carbocycles. The molecular weight excluding hydrogens is 408 g/mol. The summed E-state index contributed by atoms with van der Waals surface area (Å²) in [7, 11) is 3.55. The van der Waals surface area contributed by atoms with Crippen LogP contribution in [-0.2, 0) is 14.3 Å². The molecule has 0 unspecified atom stereocenters. The van der Waals surface area contributed by atoms with E-state index in [-0.39, 0.29) is 5.82 Å². The van der Waals surface area contributed by atoms with E-state index in [0.717, 1.165) is 0 Å². The van der Waals surface area contributed by atoms with Crippen LogP contribution in [0.3, 0.4) is 0 Å². The van der Waals surface area contributed by atoms with Gasteiger partial charge in [-0.25, -0.2) is 15.0 Å². The number of hydrogen-bond acceptors (Lipinski definition) is 12. The number of anilines is 2. The molecular formula is C18H30N8O5. The van der Waals surface area contributed by atoms with Crippen LogP contribution in [0.1, 0.15) is 13.2 Å². The van der Waals surface area contributed by atoms with E-state index in [1.54, 1.807) is 17.8 Å². The second-order valence-electron chi connectivity index (χ2n) is 7.08. The summed E-state index contributed by atoms with van der Waals surface area (Å²) in [6.07, 6.45) is -0.936. The third-order valence-electron chi connectivity index (χ3n) is 4.92. The van der Waals surface area contributed by atoms with E-state index in [0.29, 0.717) is 50.0 Å². The number of nitrogens with zero attached hydrogens (tertiary/aromatic N) is 6. The zero-order valence-corrected chi connectivity index (χ0v) is 17.9. The van der Waals surface area contributed by atoms with E-state index in [1.807, 2.05) is 18.9 Å². The van der Waals surface area contributed by atoms with Crippen LogP contribution in [0.25, 0.3) is 11.2 Å². The van der Waals surface area contributed by atoms with Crippen molar-refractivity contribution >= 4 is 29.1 Å². The third-order valence-corrected chi connectivity index (χ3v) is 4.92. The summed E-state index contributed by atoms with van der Waals surface area (Å²) >= 11 is 0. The molecule has 1 aliphatic heterocycles. The lowest BCUT2D eigenvalue weighted by molar-refractivity contribution is -0.0425. The van der Waals surface area contributed by atoms with Gasteiger partial charge in [0.1, 0.15) is 31.2 Å². The van der Waals surface area contributed by atoms with Gasteiger partial charge in [0.05, 0.1) is 12.8 Å². The Hall–Kier alpha value is -2.58. The molecule has 0 bridgehead atoms. The summed E-state index contributed by atoms with van der Waals surface area (Å²) in [5.74, 6) is 0.610. The Morgan fingerprint density at radius 1 is 1.39 bits per heavy atom. The molecule has 1 saturated heterocycles. The number of aromatic nitrogens is 4. The highest BCUT2D eigenvalue weighted by atomic mass is 16.6. The second kappa shape index (κ2) is 10.6. The summed E-state index contributed by atoms with van der Waals surface area (Å²) < 4.78 is 12.7. The van der Waals surface area contributed by atoms with Crippen molar-refractivity contribution < 1.29 is 24.5 Å². The number of likely N-dealkylation sites (N-methyl/N-ethyl adjacent to an activating group) is 1. The van der Waals surface area contributed by atoms with Gasteiger partial charge in [0.15, 0.2) is 23.2 Å². The molecule has 13 nitrogen and oxygen atoms in total. The minimum atomic E-state index is -1.18. The summed E-state index contributed by atoms with van der Waals surface area (Å²) in [6.45, 7) is 4.22. The van der Waals surface area contributed by atoms with Crippen molar-refractivity contribution in [2.75, 3.05) is 58.1 Å². The number of nitrogens with one attached hydrogen (secondary N) is 1. The first-order valence-corrected chi connectivity index (χ1v) is 10.1. The smallest absolute Gasteiger partial charge is 0.207 e. The Bertz CT molecular complexity index is 878. The van der Waals surface area contributed by atoms with E-state index >= 15 is 0 Å². The number of ether oxygens (including phenoxy) is 2. The SMILES string of the molecule is CCOCC=NOCCN(C)C[C@H]1O[C@@H](n2c(NC)nc3c(N)ncnc32)[C@H](O)[C@@H]1O. The molecule has 4 atom stereocenters. The van der Waals surface area contributed by atoms with Crippen molar-refractivity contribution in [2.45, 2.75) is 31.5 Å². The van der Waals surface area contributed by atoms with Gasteiger partial charge >= 0.3 is 0 Å². The van der Waals surface area contributed by atoms with Gasteiger partial charge in [0.2, 0.25) is 5.95 Å². The van der Waals surface area contributed by atoms with Crippen LogP contribution in [-0.4, -0.2) is 106 Å². The summed E-state index contributed by atoms with van der Waals surface area (Å²) in [5, 5.41) is 28.0. The largest absolute Gasteiger partial charge is 0.395 e. The third kappa shape index (κ3) is 5.19. The summed E-state index contributed by atoms with van der Waals surface area (Å²) in [6, 6.07) is 0. The highest BCUT2D eigenvalue weighted by Gasteiger charge is 2.45. The van der Waals surface area contributed by atoms with Crippen molar-refractivity contribution in [3.8, 4) is 0 Å². The van der Waals surface area contributed by atoms with Crippen LogP contribution in [0.5, 0.6) is 0 Å². The number of hydrogen-bond donors (Lipinski definition) is 4. The highest BCUT2D eigenvalue weighted by Crippen LogP contribution is 2.35. The predicted octanol–water partition coefficient (Wildman–Crippen LogP) is -0.960. The van der Waals surface area contributed by atoms with Crippen molar-refractivity contribution in [2.24, 2.45) is 5.16 Å². The topological polar surface area (TPSA) is 165 Å². The average molecular weight is 438 g/mol. The molecule has 3 heterocycles. The molecule has 0 radical (unpaired) electrons. The van der Waals surface area contributed by atoms with E-state index in [1.165, 1.54) is 6.33 Å². The molecule has 172 valence electrons. The Morgan fingerprint density at radius 3 is 2.94 bits per heavy atom. The van der Waals surface area contributed by atoms with Gasteiger partial charge < -0.3 is 40.5 Å². The van der Waals surface area contributed by atoms with Crippen LogP contribution in [0, 0.1) is 0 Å². The molecule has 0 spiro atoms. The first-order chi connectivity index (χ1) is 15.0. The first-order valence-electron chi connectivity index (χ1n) is 10.1. The fraction of sp³-hybridized carbons (Fsp3) is 0.667. The van der Waals surface area contributed by atoms with E-state index in [2.05, 4.69) is 25.4 Å². The van der Waals surface area contributed by atoms with Gasteiger partial charge in [0.25, 0.3) is 0 Å².